The number of anilines is 4. The lowest BCUT2D eigenvalue weighted by Gasteiger charge is -2.12. The minimum atomic E-state index is 0.487. The van der Waals surface area contributed by atoms with E-state index in [0.29, 0.717) is 23.0 Å². The second-order valence-corrected chi connectivity index (χ2v) is 6.46. The molecule has 2 N–H and O–H groups in total. The van der Waals surface area contributed by atoms with Gasteiger partial charge in [-0.05, 0) is 59.6 Å². The Morgan fingerprint density at radius 2 is 1.76 bits per heavy atom. The molecule has 3 rings (SSSR count). The van der Waals surface area contributed by atoms with Crippen molar-refractivity contribution >= 4 is 39.1 Å². The Kier molecular flexibility index (Phi) is 4.96. The third-order valence-corrected chi connectivity index (χ3v) is 4.19. The van der Waals surface area contributed by atoms with Crippen LogP contribution < -0.4 is 10.6 Å². The highest BCUT2D eigenvalue weighted by molar-refractivity contribution is 9.10. The topological polar surface area (TPSA) is 73.6 Å². The molecule has 0 aliphatic carbocycles. The smallest absolute Gasteiger partial charge is 0.229 e. The number of nitrogens with one attached hydrogen (secondary N) is 2. The maximum atomic E-state index is 9.21. The molecule has 5 nitrogen and oxygen atoms in total. The maximum absolute atomic E-state index is 9.21. The number of nitriles is 1. The molecule has 0 radical (unpaired) electrons. The molecule has 3 aromatic rings. The van der Waals surface area contributed by atoms with Crippen molar-refractivity contribution in [3.8, 4) is 6.07 Å². The zero-order chi connectivity index (χ0) is 17.8. The van der Waals surface area contributed by atoms with Crippen molar-refractivity contribution in [2.75, 3.05) is 10.6 Å². The Morgan fingerprint density at radius 1 is 0.960 bits per heavy atom. The Morgan fingerprint density at radius 3 is 2.52 bits per heavy atom. The average Bonchev–Trinajstić information content (AvgIpc) is 2.57. The fraction of sp³-hybridized carbons (Fsp3) is 0.105. The lowest BCUT2D eigenvalue weighted by Crippen LogP contribution is -2.03. The normalized spacial score (nSPS) is 10.2. The van der Waals surface area contributed by atoms with Crippen molar-refractivity contribution in [2.45, 2.75) is 13.8 Å². The van der Waals surface area contributed by atoms with Crippen molar-refractivity contribution < 1.29 is 0 Å². The molecule has 0 unspecified atom stereocenters. The van der Waals surface area contributed by atoms with Crippen molar-refractivity contribution in [2.24, 2.45) is 0 Å². The minimum Gasteiger partial charge on any atom is -0.339 e. The van der Waals surface area contributed by atoms with Gasteiger partial charge in [0.1, 0.15) is 11.9 Å². The first kappa shape index (κ1) is 16.9. The molecule has 25 heavy (non-hydrogen) atoms. The summed E-state index contributed by atoms with van der Waals surface area (Å²) in [6, 6.07) is 17.3. The highest BCUT2D eigenvalue weighted by Gasteiger charge is 2.07. The van der Waals surface area contributed by atoms with Crippen LogP contribution in [0, 0.1) is 25.2 Å². The highest BCUT2D eigenvalue weighted by atomic mass is 79.9. The van der Waals surface area contributed by atoms with Gasteiger partial charge in [-0.3, -0.25) is 0 Å². The molecule has 124 valence electrons. The Bertz CT molecular complexity index is 962. The summed E-state index contributed by atoms with van der Waals surface area (Å²) in [5, 5.41) is 15.6. The molecule has 0 amide bonds. The summed E-state index contributed by atoms with van der Waals surface area (Å²) in [6.07, 6.45) is 0. The number of rotatable bonds is 4. The number of aromatic nitrogens is 2. The van der Waals surface area contributed by atoms with Gasteiger partial charge in [-0.2, -0.15) is 10.2 Å². The van der Waals surface area contributed by atoms with Gasteiger partial charge in [0.15, 0.2) is 0 Å². The van der Waals surface area contributed by atoms with Gasteiger partial charge >= 0.3 is 0 Å². The predicted molar refractivity (Wildman–Crippen MR) is 103 cm³/mol. The molecule has 1 aromatic heterocycles. The number of aryl methyl sites for hydroxylation is 2. The summed E-state index contributed by atoms with van der Waals surface area (Å²) < 4.78 is 0.946. The van der Waals surface area contributed by atoms with Gasteiger partial charge in [0.05, 0.1) is 16.9 Å². The predicted octanol–water partition coefficient (Wildman–Crippen LogP) is 5.21. The van der Waals surface area contributed by atoms with E-state index in [1.54, 1.807) is 6.07 Å². The Hall–Kier alpha value is -2.91. The summed E-state index contributed by atoms with van der Waals surface area (Å²) in [5.41, 5.74) is 4.15. The van der Waals surface area contributed by atoms with Gasteiger partial charge in [-0.25, -0.2) is 4.98 Å². The van der Waals surface area contributed by atoms with Crippen molar-refractivity contribution in [1.29, 1.82) is 5.26 Å². The fourth-order valence-electron chi connectivity index (χ4n) is 2.36. The van der Waals surface area contributed by atoms with E-state index in [2.05, 4.69) is 42.6 Å². The van der Waals surface area contributed by atoms with Gasteiger partial charge in [0.25, 0.3) is 0 Å². The number of halogens is 1. The number of nitrogens with zero attached hydrogens (tertiary/aromatic N) is 3. The van der Waals surface area contributed by atoms with Gasteiger partial charge in [0, 0.05) is 16.2 Å². The van der Waals surface area contributed by atoms with Crippen LogP contribution in [0.15, 0.2) is 53.0 Å². The summed E-state index contributed by atoms with van der Waals surface area (Å²) in [6.45, 7) is 3.94. The van der Waals surface area contributed by atoms with Crippen LogP contribution in [-0.2, 0) is 0 Å². The molecular formula is C19H16BrN5. The molecule has 2 aromatic carbocycles. The van der Waals surface area contributed by atoms with E-state index in [1.165, 1.54) is 0 Å². The summed E-state index contributed by atoms with van der Waals surface area (Å²) in [4.78, 5) is 8.93. The lowest BCUT2D eigenvalue weighted by molar-refractivity contribution is 1.11. The summed E-state index contributed by atoms with van der Waals surface area (Å²) in [5.74, 6) is 1.11. The van der Waals surface area contributed by atoms with Crippen molar-refractivity contribution in [3.05, 3.63) is 69.8 Å². The van der Waals surface area contributed by atoms with E-state index < -0.39 is 0 Å². The number of benzene rings is 2. The van der Waals surface area contributed by atoms with E-state index in [0.717, 1.165) is 21.4 Å². The van der Waals surface area contributed by atoms with Crippen LogP contribution in [0.2, 0.25) is 0 Å². The second kappa shape index (κ2) is 7.32. The van der Waals surface area contributed by atoms with Gasteiger partial charge < -0.3 is 10.6 Å². The largest absolute Gasteiger partial charge is 0.339 e. The SMILES string of the molecule is Cc1ccc(Nc2nc(C)cc(Nc3ccccc3C#N)n2)c(Br)c1. The van der Waals surface area contributed by atoms with Crippen LogP contribution in [0.1, 0.15) is 16.8 Å². The Labute approximate surface area is 154 Å². The standard InChI is InChI=1S/C19H16BrN5/c1-12-7-8-17(15(20)9-12)24-19-22-13(2)10-18(25-19)23-16-6-4-3-5-14(16)11-21/h3-10H,1-2H3,(H2,22,23,24,25). The molecule has 0 spiro atoms. The van der Waals surface area contributed by atoms with Gasteiger partial charge in [-0.15, -0.1) is 0 Å². The fourth-order valence-corrected chi connectivity index (χ4v) is 2.95. The van der Waals surface area contributed by atoms with Crippen LogP contribution in [0.4, 0.5) is 23.1 Å². The first-order valence-corrected chi connectivity index (χ1v) is 8.49. The quantitative estimate of drug-likeness (QED) is 0.635. The first-order valence-electron chi connectivity index (χ1n) is 7.70. The zero-order valence-corrected chi connectivity index (χ0v) is 15.4. The minimum absolute atomic E-state index is 0.487. The summed E-state index contributed by atoms with van der Waals surface area (Å²) >= 11 is 3.54. The van der Waals surface area contributed by atoms with Crippen molar-refractivity contribution in [1.82, 2.24) is 9.97 Å². The average molecular weight is 394 g/mol. The molecule has 6 heteroatoms. The monoisotopic (exact) mass is 393 g/mol. The molecule has 1 heterocycles. The second-order valence-electron chi connectivity index (χ2n) is 5.61. The van der Waals surface area contributed by atoms with Crippen LogP contribution in [0.3, 0.4) is 0 Å². The molecule has 0 saturated carbocycles. The lowest BCUT2D eigenvalue weighted by atomic mass is 10.2. The van der Waals surface area contributed by atoms with Crippen LogP contribution in [-0.4, -0.2) is 9.97 Å². The van der Waals surface area contributed by atoms with Crippen LogP contribution in [0.5, 0.6) is 0 Å². The molecule has 0 bridgehead atoms. The number of para-hydroxylation sites is 1. The number of hydrogen-bond donors (Lipinski definition) is 2. The third kappa shape index (κ3) is 4.14. The molecule has 0 aliphatic rings. The molecule has 0 saturated heterocycles. The highest BCUT2D eigenvalue weighted by Crippen LogP contribution is 2.27. The third-order valence-electron chi connectivity index (χ3n) is 3.54. The molecule has 0 aliphatic heterocycles. The summed E-state index contributed by atoms with van der Waals surface area (Å²) in [7, 11) is 0. The first-order chi connectivity index (χ1) is 12.0. The van der Waals surface area contributed by atoms with E-state index in [9.17, 15) is 5.26 Å². The molecular weight excluding hydrogens is 378 g/mol. The van der Waals surface area contributed by atoms with Gasteiger partial charge in [-0.1, -0.05) is 18.2 Å². The molecule has 0 fully saturated rings. The van der Waals surface area contributed by atoms with Crippen molar-refractivity contribution in [3.63, 3.8) is 0 Å². The van der Waals surface area contributed by atoms with E-state index in [4.69, 9.17) is 0 Å². The Balaban J connectivity index is 1.89. The van der Waals surface area contributed by atoms with Crippen LogP contribution >= 0.6 is 15.9 Å². The van der Waals surface area contributed by atoms with E-state index in [1.807, 2.05) is 56.3 Å². The van der Waals surface area contributed by atoms with E-state index in [-0.39, 0.29) is 0 Å². The number of hydrogen-bond acceptors (Lipinski definition) is 5. The molecule has 0 atom stereocenters. The zero-order valence-electron chi connectivity index (χ0n) is 13.8. The maximum Gasteiger partial charge on any atom is 0.229 e. The van der Waals surface area contributed by atoms with E-state index >= 15 is 0 Å². The van der Waals surface area contributed by atoms with Crippen LogP contribution in [0.25, 0.3) is 0 Å². The van der Waals surface area contributed by atoms with Gasteiger partial charge in [0.2, 0.25) is 5.95 Å².